The normalized spacial score (nSPS) is 12.6. The molecule has 0 nitrogen and oxygen atoms in total. The maximum Gasteiger partial charge on any atom is 0.100 e. The van der Waals surface area contributed by atoms with E-state index in [4.69, 9.17) is 0 Å². The van der Waals surface area contributed by atoms with E-state index in [1.54, 1.807) is 0 Å². The third kappa shape index (κ3) is 23.9. The van der Waals surface area contributed by atoms with Gasteiger partial charge >= 0.3 is 0 Å². The van der Waals surface area contributed by atoms with Gasteiger partial charge in [0.1, 0.15) is 6.17 Å². The Hall–Kier alpha value is -0.0700. The average molecular weight is 385 g/mol. The van der Waals surface area contributed by atoms with Crippen molar-refractivity contribution in [3.8, 4) is 0 Å². The molecule has 0 saturated carbocycles. The first kappa shape index (κ1) is 26.9. The van der Waals surface area contributed by atoms with Gasteiger partial charge in [0, 0.05) is 0 Å². The fraction of sp³-hybridized carbons (Fsp3) is 1.00. The van der Waals surface area contributed by atoms with Gasteiger partial charge in [-0.2, -0.15) is 0 Å². The summed E-state index contributed by atoms with van der Waals surface area (Å²) in [5, 5.41) is 0. The van der Waals surface area contributed by atoms with Crippen molar-refractivity contribution in [3.05, 3.63) is 0 Å². The molecule has 0 aliphatic rings. The van der Waals surface area contributed by atoms with Gasteiger partial charge in [-0.25, -0.2) is 4.39 Å². The van der Waals surface area contributed by atoms with Crippen molar-refractivity contribution in [2.24, 2.45) is 0 Å². The van der Waals surface area contributed by atoms with Crippen LogP contribution in [0.2, 0.25) is 0 Å². The molecule has 0 aromatic heterocycles. The Morgan fingerprint density at radius 1 is 0.370 bits per heavy atom. The van der Waals surface area contributed by atoms with E-state index in [0.717, 1.165) is 25.7 Å². The molecule has 0 fully saturated rings. The maximum absolute atomic E-state index is 13.9. The van der Waals surface area contributed by atoms with Gasteiger partial charge in [0.15, 0.2) is 0 Å². The van der Waals surface area contributed by atoms with E-state index in [1.807, 2.05) is 0 Å². The molecule has 0 aliphatic carbocycles. The van der Waals surface area contributed by atoms with Crippen molar-refractivity contribution < 1.29 is 4.39 Å². The highest BCUT2D eigenvalue weighted by Gasteiger charge is 2.05. The highest BCUT2D eigenvalue weighted by molar-refractivity contribution is 4.58. The van der Waals surface area contributed by atoms with E-state index >= 15 is 0 Å². The van der Waals surface area contributed by atoms with Gasteiger partial charge in [0.05, 0.1) is 0 Å². The van der Waals surface area contributed by atoms with E-state index in [2.05, 4.69) is 13.8 Å². The average Bonchev–Trinajstić information content (AvgIpc) is 2.67. The van der Waals surface area contributed by atoms with Gasteiger partial charge in [-0.1, -0.05) is 149 Å². The highest BCUT2D eigenvalue weighted by Crippen LogP contribution is 2.17. The lowest BCUT2D eigenvalue weighted by Crippen LogP contribution is -2.00. The summed E-state index contributed by atoms with van der Waals surface area (Å²) in [5.41, 5.74) is 0. The SMILES string of the molecule is CCCCCCCCCCCCCCC(F)CCCCCCCCCCC. The van der Waals surface area contributed by atoms with Crippen LogP contribution in [0.5, 0.6) is 0 Å². The molecular weight excluding hydrogens is 331 g/mol. The lowest BCUT2D eigenvalue weighted by molar-refractivity contribution is 0.279. The van der Waals surface area contributed by atoms with E-state index in [1.165, 1.54) is 122 Å². The molecule has 0 aromatic rings. The van der Waals surface area contributed by atoms with Crippen LogP contribution in [-0.4, -0.2) is 6.17 Å². The first-order valence-corrected chi connectivity index (χ1v) is 12.9. The molecule has 0 saturated heterocycles. The lowest BCUT2D eigenvalue weighted by atomic mass is 10.0. The van der Waals surface area contributed by atoms with Crippen molar-refractivity contribution >= 4 is 0 Å². The zero-order valence-corrected chi connectivity index (χ0v) is 19.2. The minimum atomic E-state index is -0.530. The largest absolute Gasteiger partial charge is 0.247 e. The fourth-order valence-electron chi connectivity index (χ4n) is 4.03. The Bertz CT molecular complexity index is 251. The standard InChI is InChI=1S/C26H53F/c1-3-5-7-9-11-13-14-15-17-19-21-23-25-26(27)24-22-20-18-16-12-10-8-6-4-2/h26H,3-25H2,1-2H3. The number of rotatable bonds is 23. The Labute approximate surface area is 172 Å². The fourth-order valence-corrected chi connectivity index (χ4v) is 4.03. The van der Waals surface area contributed by atoms with Crippen LogP contribution in [0.15, 0.2) is 0 Å². The predicted octanol–water partition coefficient (Wildman–Crippen LogP) is 10.3. The molecule has 0 heterocycles. The summed E-state index contributed by atoms with van der Waals surface area (Å²) in [7, 11) is 0. The Morgan fingerprint density at radius 3 is 0.852 bits per heavy atom. The molecule has 0 amide bonds. The molecular formula is C26H53F. The Morgan fingerprint density at radius 2 is 0.593 bits per heavy atom. The van der Waals surface area contributed by atoms with Crippen LogP contribution in [0, 0.1) is 0 Å². The van der Waals surface area contributed by atoms with Gasteiger partial charge in [0.25, 0.3) is 0 Å². The molecule has 0 N–H and O–H groups in total. The van der Waals surface area contributed by atoms with E-state index < -0.39 is 6.17 Å². The summed E-state index contributed by atoms with van der Waals surface area (Å²) in [5.74, 6) is 0. The second-order valence-corrected chi connectivity index (χ2v) is 8.89. The number of hydrogen-bond donors (Lipinski definition) is 0. The van der Waals surface area contributed by atoms with Crippen molar-refractivity contribution in [3.63, 3.8) is 0 Å². The zero-order chi connectivity index (χ0) is 19.8. The van der Waals surface area contributed by atoms with Gasteiger partial charge < -0.3 is 0 Å². The maximum atomic E-state index is 13.9. The van der Waals surface area contributed by atoms with Gasteiger partial charge in [-0.3, -0.25) is 0 Å². The van der Waals surface area contributed by atoms with Crippen molar-refractivity contribution in [1.82, 2.24) is 0 Å². The van der Waals surface area contributed by atoms with Crippen LogP contribution in [0.25, 0.3) is 0 Å². The minimum Gasteiger partial charge on any atom is -0.247 e. The van der Waals surface area contributed by atoms with Crippen LogP contribution >= 0.6 is 0 Å². The second-order valence-electron chi connectivity index (χ2n) is 8.89. The lowest BCUT2D eigenvalue weighted by Gasteiger charge is -2.08. The van der Waals surface area contributed by atoms with Crippen molar-refractivity contribution in [1.29, 1.82) is 0 Å². The van der Waals surface area contributed by atoms with Crippen LogP contribution in [0.3, 0.4) is 0 Å². The summed E-state index contributed by atoms with van der Waals surface area (Å²) in [6.45, 7) is 4.55. The van der Waals surface area contributed by atoms with E-state index in [-0.39, 0.29) is 0 Å². The quantitative estimate of drug-likeness (QED) is 0.154. The van der Waals surface area contributed by atoms with E-state index in [9.17, 15) is 4.39 Å². The van der Waals surface area contributed by atoms with Gasteiger partial charge in [0.2, 0.25) is 0 Å². The zero-order valence-electron chi connectivity index (χ0n) is 19.2. The molecule has 0 aromatic carbocycles. The van der Waals surface area contributed by atoms with Gasteiger partial charge in [-0.05, 0) is 12.8 Å². The first-order chi connectivity index (χ1) is 13.3. The van der Waals surface area contributed by atoms with E-state index in [0.29, 0.717) is 0 Å². The predicted molar refractivity (Wildman–Crippen MR) is 122 cm³/mol. The number of alkyl halides is 1. The van der Waals surface area contributed by atoms with Crippen LogP contribution in [0.4, 0.5) is 4.39 Å². The molecule has 1 unspecified atom stereocenters. The molecule has 27 heavy (non-hydrogen) atoms. The summed E-state index contributed by atoms with van der Waals surface area (Å²) >= 11 is 0. The van der Waals surface area contributed by atoms with Gasteiger partial charge in [-0.15, -0.1) is 0 Å². The summed E-state index contributed by atoms with van der Waals surface area (Å²) in [4.78, 5) is 0. The van der Waals surface area contributed by atoms with Crippen LogP contribution < -0.4 is 0 Å². The Kier molecular flexibility index (Phi) is 23.9. The Balaban J connectivity index is 3.12. The molecule has 0 bridgehead atoms. The second kappa shape index (κ2) is 24.0. The number of halogens is 1. The molecule has 1 heteroatoms. The van der Waals surface area contributed by atoms with Crippen molar-refractivity contribution in [2.45, 2.75) is 168 Å². The summed E-state index contributed by atoms with van der Waals surface area (Å²) < 4.78 is 13.9. The molecule has 0 aliphatic heterocycles. The molecule has 0 spiro atoms. The minimum absolute atomic E-state index is 0.530. The number of unbranched alkanes of at least 4 members (excludes halogenated alkanes) is 19. The van der Waals surface area contributed by atoms with Crippen LogP contribution in [-0.2, 0) is 0 Å². The molecule has 164 valence electrons. The molecule has 0 rings (SSSR count). The number of hydrogen-bond acceptors (Lipinski definition) is 0. The smallest absolute Gasteiger partial charge is 0.100 e. The summed E-state index contributed by atoms with van der Waals surface area (Å²) in [6, 6.07) is 0. The molecule has 0 radical (unpaired) electrons. The highest BCUT2D eigenvalue weighted by atomic mass is 19.1. The first-order valence-electron chi connectivity index (χ1n) is 12.9. The van der Waals surface area contributed by atoms with Crippen LogP contribution in [0.1, 0.15) is 162 Å². The topological polar surface area (TPSA) is 0 Å². The third-order valence-electron chi connectivity index (χ3n) is 5.99. The summed E-state index contributed by atoms with van der Waals surface area (Å²) in [6.07, 6.45) is 29.4. The molecule has 1 atom stereocenters. The third-order valence-corrected chi connectivity index (χ3v) is 5.99. The monoisotopic (exact) mass is 384 g/mol. The van der Waals surface area contributed by atoms with Crippen molar-refractivity contribution in [2.75, 3.05) is 0 Å².